The van der Waals surface area contributed by atoms with Crippen LogP contribution in [0.15, 0.2) is 24.3 Å². The molecular weight excluding hydrogens is 484 g/mol. The number of aliphatic hydroxyl groups excluding tert-OH is 8. The van der Waals surface area contributed by atoms with E-state index >= 15 is 0 Å². The van der Waals surface area contributed by atoms with E-state index in [4.69, 9.17) is 9.47 Å². The summed E-state index contributed by atoms with van der Waals surface area (Å²) in [6, 6.07) is 5.92. The first-order chi connectivity index (χ1) is 17.0. The summed E-state index contributed by atoms with van der Waals surface area (Å²) in [4.78, 5) is 24.7. The van der Waals surface area contributed by atoms with Gasteiger partial charge in [-0.1, -0.05) is 0 Å². The van der Waals surface area contributed by atoms with Crippen LogP contribution in [-0.2, 0) is 19.1 Å². The Labute approximate surface area is 205 Å². The van der Waals surface area contributed by atoms with E-state index in [2.05, 4.69) is 10.6 Å². The number of amides is 2. The van der Waals surface area contributed by atoms with Crippen molar-refractivity contribution in [3.8, 4) is 0 Å². The largest absolute Gasteiger partial charge is 0.394 e. The van der Waals surface area contributed by atoms with E-state index in [9.17, 15) is 50.4 Å². The van der Waals surface area contributed by atoms with Crippen molar-refractivity contribution in [1.29, 1.82) is 0 Å². The molecule has 0 aromatic heterocycles. The fourth-order valence-corrected chi connectivity index (χ4v) is 4.12. The van der Waals surface area contributed by atoms with Crippen molar-refractivity contribution in [2.24, 2.45) is 0 Å². The van der Waals surface area contributed by atoms with Crippen LogP contribution in [0.1, 0.15) is 12.8 Å². The van der Waals surface area contributed by atoms with Gasteiger partial charge in [0.1, 0.15) is 48.8 Å². The van der Waals surface area contributed by atoms with E-state index in [1.54, 1.807) is 0 Å². The molecule has 0 spiro atoms. The minimum atomic E-state index is -1.58. The van der Waals surface area contributed by atoms with Gasteiger partial charge in [-0.2, -0.15) is 0 Å². The van der Waals surface area contributed by atoms with Gasteiger partial charge in [0.2, 0.25) is 11.8 Å². The molecule has 2 saturated heterocycles. The van der Waals surface area contributed by atoms with Crippen molar-refractivity contribution in [3.05, 3.63) is 24.3 Å². The number of hydrogen-bond acceptors (Lipinski definition) is 12. The fraction of sp³-hybridized carbons (Fsp3) is 0.636. The van der Waals surface area contributed by atoms with Gasteiger partial charge >= 0.3 is 0 Å². The Morgan fingerprint density at radius 1 is 0.583 bits per heavy atom. The van der Waals surface area contributed by atoms with E-state index in [1.165, 1.54) is 24.3 Å². The first-order valence-corrected chi connectivity index (χ1v) is 11.4. The Hall–Kier alpha value is -2.24. The molecular formula is C22H32N2O12. The molecule has 0 unspecified atom stereocenters. The maximum absolute atomic E-state index is 12.4. The van der Waals surface area contributed by atoms with E-state index in [0.717, 1.165) is 0 Å². The summed E-state index contributed by atoms with van der Waals surface area (Å²) in [6.07, 6.45) is -14.5. The zero-order valence-electron chi connectivity index (χ0n) is 19.1. The monoisotopic (exact) mass is 516 g/mol. The molecule has 2 aliphatic heterocycles. The third-order valence-corrected chi connectivity index (χ3v) is 6.21. The number of carbonyl (C=O) groups is 2. The first kappa shape index (κ1) is 28.3. The molecule has 14 nitrogen and oxygen atoms in total. The second-order valence-electron chi connectivity index (χ2n) is 8.82. The van der Waals surface area contributed by atoms with E-state index in [-0.39, 0.29) is 12.8 Å². The van der Waals surface area contributed by atoms with Crippen LogP contribution >= 0.6 is 0 Å². The molecule has 1 aromatic carbocycles. The van der Waals surface area contributed by atoms with Gasteiger partial charge in [0.15, 0.2) is 0 Å². The average Bonchev–Trinajstić information content (AvgIpc) is 2.85. The number of rotatable bonds is 8. The number of benzene rings is 1. The minimum Gasteiger partial charge on any atom is -0.394 e. The Morgan fingerprint density at radius 3 is 1.19 bits per heavy atom. The van der Waals surface area contributed by atoms with Crippen molar-refractivity contribution in [3.63, 3.8) is 0 Å². The Kier molecular flexibility index (Phi) is 9.71. The molecule has 202 valence electrons. The lowest BCUT2D eigenvalue weighted by Crippen LogP contribution is -2.59. The van der Waals surface area contributed by atoms with Gasteiger partial charge in [-0.3, -0.25) is 9.59 Å². The molecule has 1 aromatic rings. The lowest BCUT2D eigenvalue weighted by Gasteiger charge is -2.39. The van der Waals surface area contributed by atoms with Crippen molar-refractivity contribution in [2.75, 3.05) is 23.8 Å². The normalized spacial score (nSPS) is 36.8. The minimum absolute atomic E-state index is 0.344. The maximum Gasteiger partial charge on any atom is 0.227 e. The zero-order chi connectivity index (χ0) is 26.6. The van der Waals surface area contributed by atoms with Gasteiger partial charge in [-0.25, -0.2) is 0 Å². The van der Waals surface area contributed by atoms with Crippen LogP contribution in [0.5, 0.6) is 0 Å². The Bertz CT molecular complexity index is 811. The second kappa shape index (κ2) is 12.3. The van der Waals surface area contributed by atoms with E-state index in [0.29, 0.717) is 11.4 Å². The predicted molar refractivity (Wildman–Crippen MR) is 120 cm³/mol. The van der Waals surface area contributed by atoms with Gasteiger partial charge in [-0.05, 0) is 24.3 Å². The molecule has 36 heavy (non-hydrogen) atoms. The van der Waals surface area contributed by atoms with E-state index < -0.39 is 86.1 Å². The number of nitrogens with one attached hydrogen (secondary N) is 2. The summed E-state index contributed by atoms with van der Waals surface area (Å²) >= 11 is 0. The molecule has 0 aliphatic carbocycles. The zero-order valence-corrected chi connectivity index (χ0v) is 19.1. The number of anilines is 2. The van der Waals surface area contributed by atoms with Crippen LogP contribution in [-0.4, -0.2) is 127 Å². The van der Waals surface area contributed by atoms with Crippen LogP contribution < -0.4 is 10.6 Å². The lowest BCUT2D eigenvalue weighted by molar-refractivity contribution is -0.229. The molecule has 0 saturated carbocycles. The third-order valence-electron chi connectivity index (χ3n) is 6.21. The summed E-state index contributed by atoms with van der Waals surface area (Å²) in [7, 11) is 0. The van der Waals surface area contributed by atoms with Gasteiger partial charge < -0.3 is 61.0 Å². The second-order valence-corrected chi connectivity index (χ2v) is 8.82. The Balaban J connectivity index is 1.50. The van der Waals surface area contributed by atoms with Crippen LogP contribution in [0.2, 0.25) is 0 Å². The van der Waals surface area contributed by atoms with Gasteiger partial charge in [0.05, 0.1) is 38.3 Å². The van der Waals surface area contributed by atoms with Gasteiger partial charge in [-0.15, -0.1) is 0 Å². The highest BCUT2D eigenvalue weighted by Crippen LogP contribution is 2.25. The first-order valence-electron chi connectivity index (χ1n) is 11.4. The quantitative estimate of drug-likeness (QED) is 0.159. The number of carbonyl (C=O) groups excluding carboxylic acids is 2. The molecule has 0 bridgehead atoms. The molecule has 10 N–H and O–H groups in total. The van der Waals surface area contributed by atoms with Crippen molar-refractivity contribution in [2.45, 2.75) is 73.9 Å². The van der Waals surface area contributed by atoms with Gasteiger partial charge in [0, 0.05) is 11.4 Å². The number of ether oxygens (including phenoxy) is 2. The third kappa shape index (κ3) is 6.54. The van der Waals surface area contributed by atoms with Gasteiger partial charge in [0.25, 0.3) is 0 Å². The predicted octanol–water partition coefficient (Wildman–Crippen LogP) is -3.97. The van der Waals surface area contributed by atoms with Crippen molar-refractivity contribution >= 4 is 23.2 Å². The molecule has 2 aliphatic rings. The number of aliphatic hydroxyl groups is 8. The molecule has 14 heteroatoms. The summed E-state index contributed by atoms with van der Waals surface area (Å²) in [5, 5.41) is 83.0. The molecule has 2 heterocycles. The summed E-state index contributed by atoms with van der Waals surface area (Å²) < 4.78 is 10.6. The molecule has 10 atom stereocenters. The van der Waals surface area contributed by atoms with Crippen molar-refractivity contribution in [1.82, 2.24) is 0 Å². The molecule has 0 radical (unpaired) electrons. The lowest BCUT2D eigenvalue weighted by atomic mass is 9.93. The van der Waals surface area contributed by atoms with Crippen LogP contribution in [0, 0.1) is 0 Å². The van der Waals surface area contributed by atoms with Crippen LogP contribution in [0.4, 0.5) is 11.4 Å². The van der Waals surface area contributed by atoms with E-state index in [1.807, 2.05) is 0 Å². The summed E-state index contributed by atoms with van der Waals surface area (Å²) in [5.74, 6) is -1.14. The fourth-order valence-electron chi connectivity index (χ4n) is 4.12. The topological polar surface area (TPSA) is 238 Å². The Morgan fingerprint density at radius 2 is 0.889 bits per heavy atom. The summed E-state index contributed by atoms with van der Waals surface area (Å²) in [6.45, 7) is -1.21. The van der Waals surface area contributed by atoms with Crippen molar-refractivity contribution < 1.29 is 59.9 Å². The molecule has 2 fully saturated rings. The van der Waals surface area contributed by atoms with Crippen LogP contribution in [0.25, 0.3) is 0 Å². The smallest absolute Gasteiger partial charge is 0.227 e. The number of hydrogen-bond donors (Lipinski definition) is 10. The SMILES string of the molecule is O=C(C[C@H]1O[C@H](CO)[C@@H](O)[C@H](O)[C@H]1O)Nc1ccc(NC(=O)C[C@H]2O[C@H](CO)[C@@H](O)[C@H](O)[C@H]2O)cc1. The highest BCUT2D eigenvalue weighted by molar-refractivity contribution is 5.93. The highest BCUT2D eigenvalue weighted by atomic mass is 16.6. The standard InChI is InChI=1S/C22H32N2O12/c25-7-13-19(31)21(33)17(29)11(35-13)5-15(27)23-9-1-2-10(4-3-9)24-16(28)6-12-18(30)22(34)20(32)14(8-26)36-12/h1-4,11-14,17-22,25-26,29-34H,5-8H2,(H,23,27)(H,24,28)/t11-,12-,13-,14-,17+,18+,19-,20-,21-,22-/m1/s1. The molecule has 3 rings (SSSR count). The highest BCUT2D eigenvalue weighted by Gasteiger charge is 2.45. The summed E-state index contributed by atoms with van der Waals surface area (Å²) in [5.41, 5.74) is 0.688. The maximum atomic E-state index is 12.4. The molecule has 2 amide bonds. The van der Waals surface area contributed by atoms with Crippen LogP contribution in [0.3, 0.4) is 0 Å². The average molecular weight is 517 g/mol.